The van der Waals surface area contributed by atoms with Crippen molar-refractivity contribution in [2.24, 2.45) is 5.92 Å². The van der Waals surface area contributed by atoms with Gasteiger partial charge in [-0.2, -0.15) is 0 Å². The van der Waals surface area contributed by atoms with Crippen LogP contribution in [0.2, 0.25) is 4.34 Å². The van der Waals surface area contributed by atoms with E-state index in [-0.39, 0.29) is 0 Å². The fraction of sp³-hybridized carbons (Fsp3) is 0.412. The Kier molecular flexibility index (Phi) is 6.74. The fourth-order valence-electron chi connectivity index (χ4n) is 2.34. The van der Waals surface area contributed by atoms with E-state index in [4.69, 9.17) is 11.6 Å². The van der Waals surface area contributed by atoms with E-state index in [1.807, 2.05) is 6.07 Å². The number of hydrogen-bond donors (Lipinski definition) is 1. The molecule has 0 spiro atoms. The van der Waals surface area contributed by atoms with Gasteiger partial charge in [-0.05, 0) is 49.1 Å². The van der Waals surface area contributed by atoms with Crippen LogP contribution in [0.3, 0.4) is 0 Å². The van der Waals surface area contributed by atoms with Crippen LogP contribution in [0.5, 0.6) is 0 Å². The van der Waals surface area contributed by atoms with E-state index in [1.165, 1.54) is 14.9 Å². The molecule has 114 valence electrons. The molecule has 1 aromatic carbocycles. The number of benzene rings is 1. The molecule has 1 atom stereocenters. The minimum atomic E-state index is 0.513. The Hall–Kier alpha value is -0.350. The van der Waals surface area contributed by atoms with Crippen molar-refractivity contribution in [3.63, 3.8) is 0 Å². The van der Waals surface area contributed by atoms with Crippen LogP contribution in [0.4, 0.5) is 0 Å². The van der Waals surface area contributed by atoms with Gasteiger partial charge >= 0.3 is 0 Å². The quantitative estimate of drug-likeness (QED) is 0.656. The molecule has 0 bridgehead atoms. The number of halogens is 2. The third-order valence-corrected chi connectivity index (χ3v) is 5.43. The summed E-state index contributed by atoms with van der Waals surface area (Å²) in [7, 11) is 0. The molecule has 1 unspecified atom stereocenters. The van der Waals surface area contributed by atoms with Crippen LogP contribution in [-0.4, -0.2) is 12.6 Å². The van der Waals surface area contributed by atoms with E-state index >= 15 is 0 Å². The summed E-state index contributed by atoms with van der Waals surface area (Å²) in [5.74, 6) is 0.570. The number of nitrogens with one attached hydrogen (secondary N) is 1. The first-order valence-electron chi connectivity index (χ1n) is 7.25. The zero-order chi connectivity index (χ0) is 15.2. The van der Waals surface area contributed by atoms with Crippen LogP contribution in [0.25, 0.3) is 0 Å². The number of thiophene rings is 1. The fourth-order valence-corrected chi connectivity index (χ4v) is 3.99. The Morgan fingerprint density at radius 2 is 1.90 bits per heavy atom. The zero-order valence-electron chi connectivity index (χ0n) is 12.4. The molecule has 4 heteroatoms. The molecule has 0 aliphatic heterocycles. The maximum Gasteiger partial charge on any atom is 0.0931 e. The second kappa shape index (κ2) is 8.33. The van der Waals surface area contributed by atoms with Crippen molar-refractivity contribution in [2.75, 3.05) is 6.54 Å². The molecule has 2 aromatic rings. The maximum atomic E-state index is 6.05. The third kappa shape index (κ3) is 5.74. The summed E-state index contributed by atoms with van der Waals surface area (Å²) in [6.07, 6.45) is 2.13. The van der Waals surface area contributed by atoms with Gasteiger partial charge in [-0.1, -0.05) is 59.6 Å². The smallest absolute Gasteiger partial charge is 0.0931 e. The Balaban J connectivity index is 2.06. The van der Waals surface area contributed by atoms with Gasteiger partial charge in [0.2, 0.25) is 0 Å². The molecule has 0 amide bonds. The van der Waals surface area contributed by atoms with Crippen molar-refractivity contribution in [2.45, 2.75) is 32.7 Å². The first-order valence-corrected chi connectivity index (χ1v) is 9.24. The SMILES string of the molecule is CC(C)NCC(Cc1ccc(Cl)s1)Cc1ccccc1Br. The minimum Gasteiger partial charge on any atom is -0.314 e. The van der Waals surface area contributed by atoms with Gasteiger partial charge in [0.1, 0.15) is 0 Å². The first kappa shape index (κ1) is 17.0. The topological polar surface area (TPSA) is 12.0 Å². The maximum absolute atomic E-state index is 6.05. The lowest BCUT2D eigenvalue weighted by molar-refractivity contribution is 0.446. The van der Waals surface area contributed by atoms with Crippen molar-refractivity contribution < 1.29 is 0 Å². The molecule has 0 saturated heterocycles. The van der Waals surface area contributed by atoms with Gasteiger partial charge in [-0.3, -0.25) is 0 Å². The van der Waals surface area contributed by atoms with Gasteiger partial charge in [-0.15, -0.1) is 11.3 Å². The molecule has 0 fully saturated rings. The van der Waals surface area contributed by atoms with Crippen LogP contribution in [0, 0.1) is 5.92 Å². The predicted molar refractivity (Wildman–Crippen MR) is 97.5 cm³/mol. The highest BCUT2D eigenvalue weighted by Crippen LogP contribution is 2.26. The summed E-state index contributed by atoms with van der Waals surface area (Å²) in [6, 6.07) is 13.1. The minimum absolute atomic E-state index is 0.513. The van der Waals surface area contributed by atoms with E-state index < -0.39 is 0 Å². The number of rotatable bonds is 7. The molecule has 0 aliphatic rings. The van der Waals surface area contributed by atoms with E-state index in [1.54, 1.807) is 11.3 Å². The standard InChI is InChI=1S/C17H21BrClNS/c1-12(2)20-11-13(10-15-7-8-17(19)21-15)9-14-5-3-4-6-16(14)18/h3-8,12-13,20H,9-11H2,1-2H3. The van der Waals surface area contributed by atoms with Gasteiger partial charge in [0, 0.05) is 15.4 Å². The summed E-state index contributed by atoms with van der Waals surface area (Å²) >= 11 is 11.4. The van der Waals surface area contributed by atoms with Crippen LogP contribution >= 0.6 is 38.9 Å². The summed E-state index contributed by atoms with van der Waals surface area (Å²) in [5, 5.41) is 3.57. The molecule has 1 heterocycles. The van der Waals surface area contributed by atoms with Crippen molar-refractivity contribution in [3.05, 3.63) is 55.6 Å². The lowest BCUT2D eigenvalue weighted by atomic mass is 9.95. The summed E-state index contributed by atoms with van der Waals surface area (Å²) < 4.78 is 2.07. The van der Waals surface area contributed by atoms with Gasteiger partial charge in [0.25, 0.3) is 0 Å². The average Bonchev–Trinajstić information content (AvgIpc) is 2.84. The van der Waals surface area contributed by atoms with Crippen molar-refractivity contribution in [1.82, 2.24) is 5.32 Å². The molecular weight excluding hydrogens is 366 g/mol. The first-order chi connectivity index (χ1) is 10.0. The predicted octanol–water partition coefficient (Wildman–Crippen LogP) is 5.56. The third-order valence-electron chi connectivity index (χ3n) is 3.40. The van der Waals surface area contributed by atoms with Gasteiger partial charge < -0.3 is 5.32 Å². The second-order valence-electron chi connectivity index (χ2n) is 5.63. The van der Waals surface area contributed by atoms with Crippen LogP contribution < -0.4 is 5.32 Å². The van der Waals surface area contributed by atoms with Crippen LogP contribution in [0.1, 0.15) is 24.3 Å². The molecular formula is C17H21BrClNS. The van der Waals surface area contributed by atoms with Crippen molar-refractivity contribution in [1.29, 1.82) is 0 Å². The van der Waals surface area contributed by atoms with E-state index in [9.17, 15) is 0 Å². The number of hydrogen-bond acceptors (Lipinski definition) is 2. The molecule has 1 N–H and O–H groups in total. The monoisotopic (exact) mass is 385 g/mol. The van der Waals surface area contributed by atoms with Crippen LogP contribution in [-0.2, 0) is 12.8 Å². The van der Waals surface area contributed by atoms with Gasteiger partial charge in [-0.25, -0.2) is 0 Å². The molecule has 1 nitrogen and oxygen atoms in total. The summed E-state index contributed by atoms with van der Waals surface area (Å²) in [6.45, 7) is 5.41. The Morgan fingerprint density at radius 3 is 2.52 bits per heavy atom. The summed E-state index contributed by atoms with van der Waals surface area (Å²) in [4.78, 5) is 1.36. The van der Waals surface area contributed by atoms with Gasteiger partial charge in [0.15, 0.2) is 0 Å². The van der Waals surface area contributed by atoms with Crippen LogP contribution in [0.15, 0.2) is 40.9 Å². The lowest BCUT2D eigenvalue weighted by Gasteiger charge is -2.19. The second-order valence-corrected chi connectivity index (χ2v) is 8.29. The lowest BCUT2D eigenvalue weighted by Crippen LogP contribution is -2.31. The zero-order valence-corrected chi connectivity index (χ0v) is 15.6. The Labute approximate surface area is 144 Å². The average molecular weight is 387 g/mol. The molecule has 0 aliphatic carbocycles. The molecule has 2 rings (SSSR count). The molecule has 1 aromatic heterocycles. The molecule has 0 radical (unpaired) electrons. The van der Waals surface area contributed by atoms with E-state index in [0.29, 0.717) is 12.0 Å². The highest BCUT2D eigenvalue weighted by Gasteiger charge is 2.14. The molecule has 21 heavy (non-hydrogen) atoms. The van der Waals surface area contributed by atoms with Crippen molar-refractivity contribution >= 4 is 38.9 Å². The van der Waals surface area contributed by atoms with E-state index in [0.717, 1.165) is 23.7 Å². The van der Waals surface area contributed by atoms with Gasteiger partial charge in [0.05, 0.1) is 4.34 Å². The summed E-state index contributed by atoms with van der Waals surface area (Å²) in [5.41, 5.74) is 1.37. The molecule has 0 saturated carbocycles. The van der Waals surface area contributed by atoms with E-state index in [2.05, 4.69) is 65.4 Å². The Morgan fingerprint density at radius 1 is 1.14 bits per heavy atom. The largest absolute Gasteiger partial charge is 0.314 e. The highest BCUT2D eigenvalue weighted by atomic mass is 79.9. The Bertz CT molecular complexity index is 567. The highest BCUT2D eigenvalue weighted by molar-refractivity contribution is 9.10. The normalized spacial score (nSPS) is 12.8. The van der Waals surface area contributed by atoms with Crippen molar-refractivity contribution in [3.8, 4) is 0 Å².